The van der Waals surface area contributed by atoms with Crippen molar-refractivity contribution in [2.75, 3.05) is 17.2 Å². The Morgan fingerprint density at radius 3 is 2.19 bits per heavy atom. The molecular formula is C25H25N3O4. The lowest BCUT2D eigenvalue weighted by Gasteiger charge is -2.09. The van der Waals surface area contributed by atoms with Crippen LogP contribution in [-0.4, -0.2) is 24.3 Å². The molecule has 0 radical (unpaired) electrons. The minimum atomic E-state index is -0.265. The minimum absolute atomic E-state index is 0.109. The summed E-state index contributed by atoms with van der Waals surface area (Å²) in [6.07, 6.45) is 0.257. The molecule has 3 amide bonds. The third-order valence-electron chi connectivity index (χ3n) is 4.49. The second kappa shape index (κ2) is 11.3. The van der Waals surface area contributed by atoms with Crippen molar-refractivity contribution in [3.63, 3.8) is 0 Å². The van der Waals surface area contributed by atoms with Crippen molar-refractivity contribution in [3.8, 4) is 5.75 Å². The Morgan fingerprint density at radius 2 is 1.50 bits per heavy atom. The molecule has 3 N–H and O–H groups in total. The predicted molar refractivity (Wildman–Crippen MR) is 124 cm³/mol. The van der Waals surface area contributed by atoms with Crippen LogP contribution in [0.25, 0.3) is 0 Å². The maximum Gasteiger partial charge on any atom is 0.255 e. The van der Waals surface area contributed by atoms with Crippen LogP contribution < -0.4 is 20.7 Å². The second-order valence-electron chi connectivity index (χ2n) is 7.10. The summed E-state index contributed by atoms with van der Waals surface area (Å²) in [5.41, 5.74) is 2.55. The lowest BCUT2D eigenvalue weighted by molar-refractivity contribution is -0.121. The van der Waals surface area contributed by atoms with Gasteiger partial charge in [0.15, 0.2) is 0 Å². The van der Waals surface area contributed by atoms with Gasteiger partial charge in [0.1, 0.15) is 5.75 Å². The zero-order valence-electron chi connectivity index (χ0n) is 17.8. The summed E-state index contributed by atoms with van der Waals surface area (Å²) < 4.78 is 5.52. The highest BCUT2D eigenvalue weighted by atomic mass is 16.5. The van der Waals surface area contributed by atoms with E-state index in [2.05, 4.69) is 16.0 Å². The normalized spacial score (nSPS) is 10.2. The highest BCUT2D eigenvalue weighted by Crippen LogP contribution is 2.16. The van der Waals surface area contributed by atoms with Gasteiger partial charge in [-0.3, -0.25) is 14.4 Å². The van der Waals surface area contributed by atoms with Crippen LogP contribution in [-0.2, 0) is 16.1 Å². The van der Waals surface area contributed by atoms with E-state index in [1.54, 1.807) is 48.5 Å². The second-order valence-corrected chi connectivity index (χ2v) is 7.10. The first-order valence-corrected chi connectivity index (χ1v) is 10.2. The Balaban J connectivity index is 1.44. The number of benzene rings is 3. The number of carbonyl (C=O) groups is 3. The Kier molecular flexibility index (Phi) is 7.97. The fourth-order valence-corrected chi connectivity index (χ4v) is 2.92. The highest BCUT2D eigenvalue weighted by Gasteiger charge is 2.08. The standard InChI is InChI=1S/C25H25N3O4/c1-18(29)27-21-6-5-7-22(16-21)28-25(31)20-12-10-19(11-13-20)17-26-24(30)14-15-32-23-8-3-2-4-9-23/h2-13,16H,14-15,17H2,1H3,(H,26,30)(H,27,29)(H,28,31). The van der Waals surface area contributed by atoms with Gasteiger partial charge in [0.25, 0.3) is 5.91 Å². The first-order valence-electron chi connectivity index (χ1n) is 10.2. The van der Waals surface area contributed by atoms with Crippen LogP contribution in [0.5, 0.6) is 5.75 Å². The molecule has 7 heteroatoms. The number of amides is 3. The number of para-hydroxylation sites is 1. The average molecular weight is 431 g/mol. The van der Waals surface area contributed by atoms with Crippen molar-refractivity contribution >= 4 is 29.1 Å². The van der Waals surface area contributed by atoms with Gasteiger partial charge in [-0.25, -0.2) is 0 Å². The number of rotatable bonds is 9. The van der Waals surface area contributed by atoms with Crippen LogP contribution in [0.2, 0.25) is 0 Å². The van der Waals surface area contributed by atoms with Crippen LogP contribution >= 0.6 is 0 Å². The number of anilines is 2. The Morgan fingerprint density at radius 1 is 0.812 bits per heavy atom. The molecule has 7 nitrogen and oxygen atoms in total. The monoisotopic (exact) mass is 431 g/mol. The summed E-state index contributed by atoms with van der Waals surface area (Å²) in [6.45, 7) is 2.09. The smallest absolute Gasteiger partial charge is 0.255 e. The van der Waals surface area contributed by atoms with Gasteiger partial charge in [-0.05, 0) is 48.0 Å². The third kappa shape index (κ3) is 7.28. The average Bonchev–Trinajstić information content (AvgIpc) is 2.78. The van der Waals surface area contributed by atoms with Crippen LogP contribution in [0.1, 0.15) is 29.3 Å². The molecule has 0 aliphatic rings. The summed E-state index contributed by atoms with van der Waals surface area (Å²) in [7, 11) is 0. The molecule has 0 fully saturated rings. The van der Waals surface area contributed by atoms with Crippen molar-refractivity contribution < 1.29 is 19.1 Å². The fraction of sp³-hybridized carbons (Fsp3) is 0.160. The summed E-state index contributed by atoms with van der Waals surface area (Å²) in [6, 6.07) is 23.3. The van der Waals surface area contributed by atoms with E-state index in [-0.39, 0.29) is 24.1 Å². The SMILES string of the molecule is CC(=O)Nc1cccc(NC(=O)c2ccc(CNC(=O)CCOc3ccccc3)cc2)c1. The molecule has 164 valence electrons. The molecule has 0 aliphatic carbocycles. The minimum Gasteiger partial charge on any atom is -0.493 e. The molecule has 3 aromatic carbocycles. The zero-order valence-corrected chi connectivity index (χ0v) is 17.8. The molecule has 3 aromatic rings. The first-order chi connectivity index (χ1) is 15.5. The maximum absolute atomic E-state index is 12.5. The fourth-order valence-electron chi connectivity index (χ4n) is 2.92. The Bertz CT molecular complexity index is 1070. The van der Waals surface area contributed by atoms with Crippen molar-refractivity contribution in [1.29, 1.82) is 0 Å². The number of carbonyl (C=O) groups excluding carboxylic acids is 3. The van der Waals surface area contributed by atoms with Gasteiger partial charge < -0.3 is 20.7 Å². The summed E-state index contributed by atoms with van der Waals surface area (Å²) in [5, 5.41) is 8.32. The van der Waals surface area contributed by atoms with E-state index in [1.165, 1.54) is 6.92 Å². The molecule has 0 saturated carbocycles. The largest absolute Gasteiger partial charge is 0.493 e. The van der Waals surface area contributed by atoms with E-state index in [4.69, 9.17) is 4.74 Å². The van der Waals surface area contributed by atoms with Gasteiger partial charge in [-0.1, -0.05) is 36.4 Å². The highest BCUT2D eigenvalue weighted by molar-refractivity contribution is 6.04. The number of ether oxygens (including phenoxy) is 1. The van der Waals surface area contributed by atoms with Gasteiger partial charge in [-0.15, -0.1) is 0 Å². The molecule has 3 rings (SSSR count). The number of hydrogen-bond acceptors (Lipinski definition) is 4. The maximum atomic E-state index is 12.5. The van der Waals surface area contributed by atoms with Gasteiger partial charge >= 0.3 is 0 Å². The molecule has 0 spiro atoms. The van der Waals surface area contributed by atoms with Gasteiger partial charge in [0.2, 0.25) is 11.8 Å². The Labute approximate surface area is 186 Å². The van der Waals surface area contributed by atoms with Crippen LogP contribution in [0.15, 0.2) is 78.9 Å². The molecule has 0 atom stereocenters. The van der Waals surface area contributed by atoms with E-state index in [1.807, 2.05) is 30.3 Å². The molecule has 0 aliphatic heterocycles. The summed E-state index contributed by atoms with van der Waals surface area (Å²) in [5.74, 6) is 0.177. The zero-order chi connectivity index (χ0) is 22.8. The molecule has 0 saturated heterocycles. The lowest BCUT2D eigenvalue weighted by Crippen LogP contribution is -2.24. The molecule has 0 heterocycles. The van der Waals surface area contributed by atoms with E-state index in [0.717, 1.165) is 11.3 Å². The van der Waals surface area contributed by atoms with Crippen molar-refractivity contribution in [2.24, 2.45) is 0 Å². The number of hydrogen-bond donors (Lipinski definition) is 3. The molecular weight excluding hydrogens is 406 g/mol. The number of nitrogens with one attached hydrogen (secondary N) is 3. The van der Waals surface area contributed by atoms with Crippen molar-refractivity contribution in [1.82, 2.24) is 5.32 Å². The lowest BCUT2D eigenvalue weighted by atomic mass is 10.1. The van der Waals surface area contributed by atoms with E-state index in [0.29, 0.717) is 30.1 Å². The third-order valence-corrected chi connectivity index (χ3v) is 4.49. The van der Waals surface area contributed by atoms with Crippen LogP contribution in [0, 0.1) is 0 Å². The van der Waals surface area contributed by atoms with Gasteiger partial charge in [-0.2, -0.15) is 0 Å². The Hall–Kier alpha value is -4.13. The molecule has 0 aromatic heterocycles. The van der Waals surface area contributed by atoms with E-state index >= 15 is 0 Å². The quantitative estimate of drug-likeness (QED) is 0.477. The molecule has 0 unspecified atom stereocenters. The van der Waals surface area contributed by atoms with Crippen molar-refractivity contribution in [3.05, 3.63) is 90.0 Å². The molecule has 0 bridgehead atoms. The van der Waals surface area contributed by atoms with Gasteiger partial charge in [0, 0.05) is 30.4 Å². The van der Waals surface area contributed by atoms with Crippen LogP contribution in [0.4, 0.5) is 11.4 Å². The first kappa shape index (κ1) is 22.6. The summed E-state index contributed by atoms with van der Waals surface area (Å²) in [4.78, 5) is 35.7. The van der Waals surface area contributed by atoms with E-state index in [9.17, 15) is 14.4 Å². The van der Waals surface area contributed by atoms with Crippen molar-refractivity contribution in [2.45, 2.75) is 19.9 Å². The topological polar surface area (TPSA) is 96.5 Å². The van der Waals surface area contributed by atoms with Crippen LogP contribution in [0.3, 0.4) is 0 Å². The van der Waals surface area contributed by atoms with Gasteiger partial charge in [0.05, 0.1) is 13.0 Å². The molecule has 32 heavy (non-hydrogen) atoms. The van der Waals surface area contributed by atoms with E-state index < -0.39 is 0 Å². The summed E-state index contributed by atoms with van der Waals surface area (Å²) >= 11 is 0. The predicted octanol–water partition coefficient (Wildman–Crippen LogP) is 3.98.